The van der Waals surface area contributed by atoms with Gasteiger partial charge in [0.05, 0.1) is 12.1 Å². The number of halogens is 1. The first-order valence-corrected chi connectivity index (χ1v) is 5.95. The Hall–Kier alpha value is -2.36. The molecule has 0 aliphatic rings. The molecule has 1 amide bonds. The number of rotatable bonds is 3. The van der Waals surface area contributed by atoms with Crippen molar-refractivity contribution in [2.24, 2.45) is 0 Å². The standard InChI is InChI=1S/C15H15FN2O/c1-10-2-4-11(5-3-10)8-15(19)18-14-9-12(17)6-7-13(14)16/h2-7,9H,8,17H2,1H3,(H,18,19). The number of hydrogen-bond acceptors (Lipinski definition) is 2. The Morgan fingerprint density at radius 3 is 2.58 bits per heavy atom. The first-order valence-electron chi connectivity index (χ1n) is 5.95. The molecule has 0 unspecified atom stereocenters. The highest BCUT2D eigenvalue weighted by Gasteiger charge is 2.08. The molecule has 0 aliphatic heterocycles. The third kappa shape index (κ3) is 3.55. The summed E-state index contributed by atoms with van der Waals surface area (Å²) < 4.78 is 13.5. The van der Waals surface area contributed by atoms with Crippen LogP contribution in [0.15, 0.2) is 42.5 Å². The van der Waals surface area contributed by atoms with Crippen LogP contribution in [0.2, 0.25) is 0 Å². The minimum absolute atomic E-state index is 0.108. The zero-order chi connectivity index (χ0) is 13.8. The summed E-state index contributed by atoms with van der Waals surface area (Å²) in [5, 5.41) is 2.52. The van der Waals surface area contributed by atoms with Crippen LogP contribution in [0.3, 0.4) is 0 Å². The number of nitrogens with one attached hydrogen (secondary N) is 1. The number of nitrogen functional groups attached to an aromatic ring is 1. The van der Waals surface area contributed by atoms with Gasteiger partial charge in [-0.25, -0.2) is 4.39 Å². The van der Waals surface area contributed by atoms with Crippen molar-refractivity contribution in [1.29, 1.82) is 0 Å². The van der Waals surface area contributed by atoms with Crippen LogP contribution in [0.4, 0.5) is 15.8 Å². The van der Waals surface area contributed by atoms with E-state index in [2.05, 4.69) is 5.32 Å². The average Bonchev–Trinajstić information content (AvgIpc) is 2.37. The maximum absolute atomic E-state index is 13.5. The second-order valence-corrected chi connectivity index (χ2v) is 4.45. The number of carbonyl (C=O) groups is 1. The molecular weight excluding hydrogens is 243 g/mol. The summed E-state index contributed by atoms with van der Waals surface area (Å²) in [6.07, 6.45) is 0.203. The Morgan fingerprint density at radius 2 is 1.89 bits per heavy atom. The number of amides is 1. The van der Waals surface area contributed by atoms with Crippen molar-refractivity contribution in [2.45, 2.75) is 13.3 Å². The molecule has 98 valence electrons. The summed E-state index contributed by atoms with van der Waals surface area (Å²) in [5.74, 6) is -0.764. The van der Waals surface area contributed by atoms with E-state index in [4.69, 9.17) is 5.73 Å². The third-order valence-electron chi connectivity index (χ3n) is 2.75. The van der Waals surface area contributed by atoms with E-state index in [0.29, 0.717) is 5.69 Å². The second kappa shape index (κ2) is 5.52. The highest BCUT2D eigenvalue weighted by atomic mass is 19.1. The average molecular weight is 258 g/mol. The molecule has 0 saturated carbocycles. The Kier molecular flexibility index (Phi) is 3.80. The summed E-state index contributed by atoms with van der Waals surface area (Å²) in [5.41, 5.74) is 8.08. The molecule has 4 heteroatoms. The largest absolute Gasteiger partial charge is 0.399 e. The maximum atomic E-state index is 13.5. The van der Waals surface area contributed by atoms with Gasteiger partial charge in [-0.2, -0.15) is 0 Å². The molecule has 0 atom stereocenters. The van der Waals surface area contributed by atoms with Crippen LogP contribution in [0.25, 0.3) is 0 Å². The summed E-state index contributed by atoms with van der Waals surface area (Å²) in [4.78, 5) is 11.8. The molecule has 0 saturated heterocycles. The van der Waals surface area contributed by atoms with Gasteiger partial charge < -0.3 is 11.1 Å². The van der Waals surface area contributed by atoms with Crippen molar-refractivity contribution in [1.82, 2.24) is 0 Å². The van der Waals surface area contributed by atoms with Gasteiger partial charge in [0.15, 0.2) is 0 Å². The van der Waals surface area contributed by atoms with Crippen molar-refractivity contribution < 1.29 is 9.18 Å². The van der Waals surface area contributed by atoms with Crippen LogP contribution in [-0.4, -0.2) is 5.91 Å². The number of anilines is 2. The fourth-order valence-corrected chi connectivity index (χ4v) is 1.72. The molecule has 0 spiro atoms. The molecule has 3 N–H and O–H groups in total. The van der Waals surface area contributed by atoms with Gasteiger partial charge in [0.25, 0.3) is 0 Å². The molecule has 0 aromatic heterocycles. The van der Waals surface area contributed by atoms with Crippen LogP contribution >= 0.6 is 0 Å². The smallest absolute Gasteiger partial charge is 0.228 e. The van der Waals surface area contributed by atoms with Gasteiger partial charge in [-0.05, 0) is 30.7 Å². The Balaban J connectivity index is 2.05. The van der Waals surface area contributed by atoms with E-state index in [0.717, 1.165) is 11.1 Å². The maximum Gasteiger partial charge on any atom is 0.228 e. The quantitative estimate of drug-likeness (QED) is 0.832. The Morgan fingerprint density at radius 1 is 1.21 bits per heavy atom. The van der Waals surface area contributed by atoms with Gasteiger partial charge in [-0.15, -0.1) is 0 Å². The number of nitrogens with two attached hydrogens (primary N) is 1. The highest BCUT2D eigenvalue weighted by Crippen LogP contribution is 2.17. The lowest BCUT2D eigenvalue weighted by Crippen LogP contribution is -2.15. The van der Waals surface area contributed by atoms with E-state index in [1.807, 2.05) is 31.2 Å². The Labute approximate surface area is 111 Å². The van der Waals surface area contributed by atoms with Crippen molar-refractivity contribution in [2.75, 3.05) is 11.1 Å². The predicted octanol–water partition coefficient (Wildman–Crippen LogP) is 2.90. The highest BCUT2D eigenvalue weighted by molar-refractivity contribution is 5.92. The summed E-state index contributed by atoms with van der Waals surface area (Å²) >= 11 is 0. The van der Waals surface area contributed by atoms with Crippen LogP contribution in [0.5, 0.6) is 0 Å². The molecule has 2 aromatic carbocycles. The minimum Gasteiger partial charge on any atom is -0.399 e. The lowest BCUT2D eigenvalue weighted by Gasteiger charge is -2.07. The topological polar surface area (TPSA) is 55.1 Å². The van der Waals surface area contributed by atoms with Crippen molar-refractivity contribution in [3.05, 3.63) is 59.4 Å². The van der Waals surface area contributed by atoms with Crippen LogP contribution in [-0.2, 0) is 11.2 Å². The second-order valence-electron chi connectivity index (χ2n) is 4.45. The lowest BCUT2D eigenvalue weighted by molar-refractivity contribution is -0.115. The lowest BCUT2D eigenvalue weighted by atomic mass is 10.1. The molecule has 0 bridgehead atoms. The van der Waals surface area contributed by atoms with E-state index in [-0.39, 0.29) is 18.0 Å². The molecule has 0 heterocycles. The molecule has 0 aliphatic carbocycles. The number of hydrogen-bond donors (Lipinski definition) is 2. The zero-order valence-electron chi connectivity index (χ0n) is 10.6. The Bertz CT molecular complexity index is 594. The SMILES string of the molecule is Cc1ccc(CC(=O)Nc2cc(N)ccc2F)cc1. The summed E-state index contributed by atoms with van der Waals surface area (Å²) in [6, 6.07) is 11.7. The molecule has 19 heavy (non-hydrogen) atoms. The number of benzene rings is 2. The monoisotopic (exact) mass is 258 g/mol. The van der Waals surface area contributed by atoms with Crippen molar-refractivity contribution in [3.63, 3.8) is 0 Å². The summed E-state index contributed by atoms with van der Waals surface area (Å²) in [7, 11) is 0. The van der Waals surface area contributed by atoms with Gasteiger partial charge in [0.2, 0.25) is 5.91 Å². The normalized spacial score (nSPS) is 10.2. The van der Waals surface area contributed by atoms with Crippen molar-refractivity contribution in [3.8, 4) is 0 Å². The van der Waals surface area contributed by atoms with Crippen molar-refractivity contribution >= 4 is 17.3 Å². The molecule has 0 fully saturated rings. The van der Waals surface area contributed by atoms with Gasteiger partial charge in [-0.1, -0.05) is 29.8 Å². The fourth-order valence-electron chi connectivity index (χ4n) is 1.72. The molecule has 2 aromatic rings. The van der Waals surface area contributed by atoms with Gasteiger partial charge in [0.1, 0.15) is 5.82 Å². The third-order valence-corrected chi connectivity index (χ3v) is 2.75. The van der Waals surface area contributed by atoms with Crippen LogP contribution < -0.4 is 11.1 Å². The first kappa shape index (κ1) is 13.1. The van der Waals surface area contributed by atoms with E-state index in [1.165, 1.54) is 18.2 Å². The van der Waals surface area contributed by atoms with Gasteiger partial charge in [0, 0.05) is 5.69 Å². The minimum atomic E-state index is -0.494. The van der Waals surface area contributed by atoms with Gasteiger partial charge >= 0.3 is 0 Å². The van der Waals surface area contributed by atoms with Crippen LogP contribution in [0, 0.1) is 12.7 Å². The first-order chi connectivity index (χ1) is 9.04. The fraction of sp³-hybridized carbons (Fsp3) is 0.133. The van der Waals surface area contributed by atoms with Crippen LogP contribution in [0.1, 0.15) is 11.1 Å². The molecule has 3 nitrogen and oxygen atoms in total. The van der Waals surface area contributed by atoms with E-state index in [1.54, 1.807) is 0 Å². The summed E-state index contributed by atoms with van der Waals surface area (Å²) in [6.45, 7) is 1.98. The van der Waals surface area contributed by atoms with Gasteiger partial charge in [-0.3, -0.25) is 4.79 Å². The van der Waals surface area contributed by atoms with E-state index >= 15 is 0 Å². The molecule has 0 radical (unpaired) electrons. The number of aryl methyl sites for hydroxylation is 1. The van der Waals surface area contributed by atoms with E-state index < -0.39 is 5.82 Å². The van der Waals surface area contributed by atoms with E-state index in [9.17, 15) is 9.18 Å². The molecule has 2 rings (SSSR count). The predicted molar refractivity (Wildman–Crippen MR) is 74.3 cm³/mol. The zero-order valence-corrected chi connectivity index (χ0v) is 10.6. The number of carbonyl (C=O) groups excluding carboxylic acids is 1. The molecular formula is C15H15FN2O.